The van der Waals surface area contributed by atoms with Crippen LogP contribution in [0.25, 0.3) is 0 Å². The van der Waals surface area contributed by atoms with Gasteiger partial charge in [0.2, 0.25) is 0 Å². The molecule has 1 aromatic heterocycles. The molecule has 1 unspecified atom stereocenters. The maximum atomic E-state index is 6.01. The van der Waals surface area contributed by atoms with Crippen LogP contribution in [0.4, 0.5) is 0 Å². The van der Waals surface area contributed by atoms with Gasteiger partial charge in [0.05, 0.1) is 6.54 Å². The van der Waals surface area contributed by atoms with Crippen LogP contribution < -0.4 is 10.5 Å². The molecule has 1 aromatic carbocycles. The van der Waals surface area contributed by atoms with Crippen LogP contribution >= 0.6 is 15.9 Å². The normalized spacial score (nSPS) is 12.3. The molecule has 1 atom stereocenters. The SMILES string of the molecule is CCC(N)Cc1cc(OCCn2cccn2)ccc1Br. The van der Waals surface area contributed by atoms with Gasteiger partial charge in [-0.1, -0.05) is 22.9 Å². The van der Waals surface area contributed by atoms with Gasteiger partial charge in [0.25, 0.3) is 0 Å². The van der Waals surface area contributed by atoms with Crippen LogP contribution in [0.3, 0.4) is 0 Å². The van der Waals surface area contributed by atoms with Gasteiger partial charge in [-0.2, -0.15) is 5.10 Å². The van der Waals surface area contributed by atoms with Crippen molar-refractivity contribution in [3.05, 3.63) is 46.7 Å². The largest absolute Gasteiger partial charge is 0.492 e. The molecule has 0 aliphatic heterocycles. The zero-order chi connectivity index (χ0) is 14.4. The van der Waals surface area contributed by atoms with E-state index in [0.29, 0.717) is 6.61 Å². The molecule has 5 heteroatoms. The lowest BCUT2D eigenvalue weighted by atomic mass is 10.0. The molecule has 0 saturated heterocycles. The summed E-state index contributed by atoms with van der Waals surface area (Å²) < 4.78 is 8.71. The third-order valence-corrected chi connectivity index (χ3v) is 3.95. The number of rotatable bonds is 7. The Balaban J connectivity index is 1.92. The molecule has 108 valence electrons. The van der Waals surface area contributed by atoms with E-state index in [-0.39, 0.29) is 6.04 Å². The van der Waals surface area contributed by atoms with Crippen LogP contribution in [0.15, 0.2) is 41.1 Å². The number of benzene rings is 1. The summed E-state index contributed by atoms with van der Waals surface area (Å²) in [6.07, 6.45) is 5.52. The molecule has 20 heavy (non-hydrogen) atoms. The fourth-order valence-electron chi connectivity index (χ4n) is 1.91. The third-order valence-electron chi connectivity index (χ3n) is 3.17. The van der Waals surface area contributed by atoms with Crippen molar-refractivity contribution in [2.75, 3.05) is 6.61 Å². The topological polar surface area (TPSA) is 53.1 Å². The number of ether oxygens (including phenoxy) is 1. The summed E-state index contributed by atoms with van der Waals surface area (Å²) >= 11 is 3.56. The van der Waals surface area contributed by atoms with Crippen LogP contribution in [0.2, 0.25) is 0 Å². The standard InChI is InChI=1S/C15H20BrN3O/c1-2-13(17)10-12-11-14(4-5-15(12)16)20-9-8-19-7-3-6-18-19/h3-7,11,13H,2,8-10,17H2,1H3. The van der Waals surface area contributed by atoms with Crippen LogP contribution in [-0.2, 0) is 13.0 Å². The minimum Gasteiger partial charge on any atom is -0.492 e. The Morgan fingerprint density at radius 3 is 3.00 bits per heavy atom. The van der Waals surface area contributed by atoms with Crippen molar-refractivity contribution in [1.29, 1.82) is 0 Å². The summed E-state index contributed by atoms with van der Waals surface area (Å²) in [6.45, 7) is 3.44. The van der Waals surface area contributed by atoms with Gasteiger partial charge in [-0.05, 0) is 42.7 Å². The average molecular weight is 338 g/mol. The first-order chi connectivity index (χ1) is 9.69. The molecule has 2 aromatic rings. The Morgan fingerprint density at radius 1 is 1.45 bits per heavy atom. The van der Waals surface area contributed by atoms with Crippen LogP contribution in [0.1, 0.15) is 18.9 Å². The number of hydrogen-bond acceptors (Lipinski definition) is 3. The molecule has 2 N–H and O–H groups in total. The van der Waals surface area contributed by atoms with E-state index in [1.54, 1.807) is 6.20 Å². The molecule has 0 saturated carbocycles. The van der Waals surface area contributed by atoms with Crippen LogP contribution in [-0.4, -0.2) is 22.4 Å². The van der Waals surface area contributed by atoms with Crippen molar-refractivity contribution in [1.82, 2.24) is 9.78 Å². The highest BCUT2D eigenvalue weighted by atomic mass is 79.9. The van der Waals surface area contributed by atoms with E-state index in [0.717, 1.165) is 29.6 Å². The van der Waals surface area contributed by atoms with Gasteiger partial charge in [0.15, 0.2) is 0 Å². The molecule has 0 fully saturated rings. The van der Waals surface area contributed by atoms with Crippen molar-refractivity contribution in [2.45, 2.75) is 32.4 Å². The average Bonchev–Trinajstić information content (AvgIpc) is 2.95. The van der Waals surface area contributed by atoms with Crippen molar-refractivity contribution in [3.8, 4) is 5.75 Å². The van der Waals surface area contributed by atoms with Gasteiger partial charge in [0.1, 0.15) is 12.4 Å². The lowest BCUT2D eigenvalue weighted by Gasteiger charge is -2.13. The van der Waals surface area contributed by atoms with Gasteiger partial charge >= 0.3 is 0 Å². The molecule has 0 bridgehead atoms. The van der Waals surface area contributed by atoms with E-state index in [1.165, 1.54) is 5.56 Å². The van der Waals surface area contributed by atoms with Crippen molar-refractivity contribution < 1.29 is 4.74 Å². The second-order valence-electron chi connectivity index (χ2n) is 4.74. The maximum absolute atomic E-state index is 6.01. The van der Waals surface area contributed by atoms with E-state index in [4.69, 9.17) is 10.5 Å². The van der Waals surface area contributed by atoms with Gasteiger partial charge < -0.3 is 10.5 Å². The minimum atomic E-state index is 0.186. The van der Waals surface area contributed by atoms with E-state index in [9.17, 15) is 0 Å². The smallest absolute Gasteiger partial charge is 0.119 e. The molecule has 2 rings (SSSR count). The predicted octanol–water partition coefficient (Wildman–Crippen LogP) is 3.00. The Kier molecular flexibility index (Phi) is 5.61. The summed E-state index contributed by atoms with van der Waals surface area (Å²) in [6, 6.07) is 8.13. The first-order valence-corrected chi connectivity index (χ1v) is 7.62. The van der Waals surface area contributed by atoms with Gasteiger partial charge in [0, 0.05) is 22.9 Å². The number of nitrogens with zero attached hydrogens (tertiary/aromatic N) is 2. The molecule has 4 nitrogen and oxygen atoms in total. The van der Waals surface area contributed by atoms with Gasteiger partial charge in [-0.15, -0.1) is 0 Å². The molecule has 1 heterocycles. The van der Waals surface area contributed by atoms with E-state index in [2.05, 4.69) is 34.0 Å². The van der Waals surface area contributed by atoms with Crippen molar-refractivity contribution >= 4 is 15.9 Å². The fourth-order valence-corrected chi connectivity index (χ4v) is 2.32. The Hall–Kier alpha value is -1.33. The van der Waals surface area contributed by atoms with Gasteiger partial charge in [-0.3, -0.25) is 4.68 Å². The summed E-state index contributed by atoms with van der Waals surface area (Å²) in [7, 11) is 0. The molecular weight excluding hydrogens is 318 g/mol. The number of halogens is 1. The lowest BCUT2D eigenvalue weighted by molar-refractivity contribution is 0.291. The van der Waals surface area contributed by atoms with E-state index in [1.807, 2.05) is 29.1 Å². The second kappa shape index (κ2) is 7.45. The molecule has 0 radical (unpaired) electrons. The first-order valence-electron chi connectivity index (χ1n) is 6.83. The molecule has 0 aliphatic carbocycles. The number of nitrogens with two attached hydrogens (primary N) is 1. The fraction of sp³-hybridized carbons (Fsp3) is 0.400. The molecule has 0 aliphatic rings. The maximum Gasteiger partial charge on any atom is 0.119 e. The molecule has 0 spiro atoms. The zero-order valence-corrected chi connectivity index (χ0v) is 13.2. The highest BCUT2D eigenvalue weighted by Crippen LogP contribution is 2.24. The highest BCUT2D eigenvalue weighted by Gasteiger charge is 2.07. The summed E-state index contributed by atoms with van der Waals surface area (Å²) in [5, 5.41) is 4.14. The van der Waals surface area contributed by atoms with Crippen LogP contribution in [0, 0.1) is 0 Å². The molecular formula is C15H20BrN3O. The second-order valence-corrected chi connectivity index (χ2v) is 5.60. The van der Waals surface area contributed by atoms with Gasteiger partial charge in [-0.25, -0.2) is 0 Å². The number of hydrogen-bond donors (Lipinski definition) is 1. The Bertz CT molecular complexity index is 528. The summed E-state index contributed by atoms with van der Waals surface area (Å²) in [4.78, 5) is 0. The predicted molar refractivity (Wildman–Crippen MR) is 83.8 cm³/mol. The first kappa shape index (κ1) is 15.1. The van der Waals surface area contributed by atoms with Crippen molar-refractivity contribution in [3.63, 3.8) is 0 Å². The number of aromatic nitrogens is 2. The Morgan fingerprint density at radius 2 is 2.30 bits per heavy atom. The van der Waals surface area contributed by atoms with Crippen molar-refractivity contribution in [2.24, 2.45) is 5.73 Å². The zero-order valence-electron chi connectivity index (χ0n) is 11.6. The highest BCUT2D eigenvalue weighted by molar-refractivity contribution is 9.10. The van der Waals surface area contributed by atoms with E-state index < -0.39 is 0 Å². The monoisotopic (exact) mass is 337 g/mol. The lowest BCUT2D eigenvalue weighted by Crippen LogP contribution is -2.21. The molecule has 0 amide bonds. The summed E-state index contributed by atoms with van der Waals surface area (Å²) in [5.74, 6) is 0.874. The Labute approximate surface area is 128 Å². The quantitative estimate of drug-likeness (QED) is 0.844. The summed E-state index contributed by atoms with van der Waals surface area (Å²) in [5.41, 5.74) is 7.21. The minimum absolute atomic E-state index is 0.186. The van der Waals surface area contributed by atoms with Crippen LogP contribution in [0.5, 0.6) is 5.75 Å². The third kappa shape index (κ3) is 4.35. The van der Waals surface area contributed by atoms with E-state index >= 15 is 0 Å².